The van der Waals surface area contributed by atoms with E-state index in [2.05, 4.69) is 18.7 Å². The van der Waals surface area contributed by atoms with Crippen molar-refractivity contribution in [3.8, 4) is 0 Å². The van der Waals surface area contributed by atoms with Crippen molar-refractivity contribution in [2.75, 3.05) is 13.1 Å². The number of nitrogens with two attached hydrogens (primary N) is 1. The first-order valence-electron chi connectivity index (χ1n) is 7.18. The van der Waals surface area contributed by atoms with Gasteiger partial charge < -0.3 is 5.73 Å². The molecule has 1 saturated heterocycles. The van der Waals surface area contributed by atoms with E-state index < -0.39 is 0 Å². The number of likely N-dealkylation sites (tertiary alicyclic amines) is 1. The number of hydrogen-bond acceptors (Lipinski definition) is 2. The van der Waals surface area contributed by atoms with Gasteiger partial charge in [0.2, 0.25) is 0 Å². The van der Waals surface area contributed by atoms with Crippen molar-refractivity contribution in [3.63, 3.8) is 0 Å². The van der Waals surface area contributed by atoms with Crippen molar-refractivity contribution in [3.05, 3.63) is 0 Å². The summed E-state index contributed by atoms with van der Waals surface area (Å²) >= 11 is 0. The van der Waals surface area contributed by atoms with E-state index in [-0.39, 0.29) is 0 Å². The van der Waals surface area contributed by atoms with Crippen LogP contribution in [-0.2, 0) is 0 Å². The van der Waals surface area contributed by atoms with Crippen LogP contribution in [0, 0.1) is 5.92 Å². The highest BCUT2D eigenvalue weighted by atomic mass is 15.3. The van der Waals surface area contributed by atoms with E-state index in [0.717, 1.165) is 18.5 Å². The molecule has 1 unspecified atom stereocenters. The van der Waals surface area contributed by atoms with Gasteiger partial charge in [0.1, 0.15) is 0 Å². The highest BCUT2D eigenvalue weighted by Gasteiger charge is 2.42. The Balaban J connectivity index is 2.08. The van der Waals surface area contributed by atoms with Gasteiger partial charge in [-0.2, -0.15) is 0 Å². The summed E-state index contributed by atoms with van der Waals surface area (Å²) in [6.07, 6.45) is 9.51. The van der Waals surface area contributed by atoms with Crippen molar-refractivity contribution in [1.29, 1.82) is 0 Å². The van der Waals surface area contributed by atoms with E-state index in [1.165, 1.54) is 51.5 Å². The molecule has 1 aliphatic heterocycles. The average Bonchev–Trinajstić information content (AvgIpc) is 2.79. The largest absolute Gasteiger partial charge is 0.329 e. The van der Waals surface area contributed by atoms with Crippen LogP contribution >= 0.6 is 0 Å². The number of rotatable bonds is 3. The minimum absolute atomic E-state index is 0.365. The highest BCUT2D eigenvalue weighted by Crippen LogP contribution is 2.40. The summed E-state index contributed by atoms with van der Waals surface area (Å²) in [6, 6.07) is 0.817. The molecule has 1 heterocycles. The third-order valence-electron chi connectivity index (χ3n) is 5.04. The van der Waals surface area contributed by atoms with Crippen molar-refractivity contribution in [2.24, 2.45) is 11.7 Å². The topological polar surface area (TPSA) is 29.3 Å². The van der Waals surface area contributed by atoms with Crippen LogP contribution in [0.15, 0.2) is 0 Å². The lowest BCUT2D eigenvalue weighted by Crippen LogP contribution is -2.57. The maximum Gasteiger partial charge on any atom is 0.0334 e. The smallest absolute Gasteiger partial charge is 0.0334 e. The van der Waals surface area contributed by atoms with Crippen molar-refractivity contribution in [1.82, 2.24) is 4.90 Å². The molecular formula is C14H28N2. The van der Waals surface area contributed by atoms with Crippen LogP contribution in [0.3, 0.4) is 0 Å². The van der Waals surface area contributed by atoms with Gasteiger partial charge in [0.25, 0.3) is 0 Å². The highest BCUT2D eigenvalue weighted by molar-refractivity contribution is 4.99. The lowest BCUT2D eigenvalue weighted by atomic mass is 9.75. The summed E-state index contributed by atoms with van der Waals surface area (Å²) in [5.74, 6) is 0.919. The van der Waals surface area contributed by atoms with Gasteiger partial charge in [-0.1, -0.05) is 13.8 Å². The SMILES string of the molecule is CCC1CCCN1C1(CN)CCC(C)CC1. The number of nitrogens with zero attached hydrogens (tertiary/aromatic N) is 1. The second-order valence-electron chi connectivity index (χ2n) is 6.01. The molecule has 0 aromatic rings. The zero-order valence-corrected chi connectivity index (χ0v) is 11.0. The van der Waals surface area contributed by atoms with Crippen molar-refractivity contribution < 1.29 is 0 Å². The van der Waals surface area contributed by atoms with E-state index in [4.69, 9.17) is 5.73 Å². The third kappa shape index (κ3) is 2.14. The van der Waals surface area contributed by atoms with E-state index in [1.807, 2.05) is 0 Å². The van der Waals surface area contributed by atoms with Crippen LogP contribution in [-0.4, -0.2) is 29.6 Å². The Morgan fingerprint density at radius 2 is 1.94 bits per heavy atom. The van der Waals surface area contributed by atoms with E-state index in [0.29, 0.717) is 5.54 Å². The summed E-state index contributed by atoms with van der Waals surface area (Å²) in [4.78, 5) is 2.78. The Bertz CT molecular complexity index is 219. The van der Waals surface area contributed by atoms with Crippen LogP contribution in [0.5, 0.6) is 0 Å². The van der Waals surface area contributed by atoms with Gasteiger partial charge in [0, 0.05) is 18.1 Å². The molecule has 1 aliphatic carbocycles. The molecule has 1 atom stereocenters. The maximum absolute atomic E-state index is 6.14. The molecule has 1 saturated carbocycles. The van der Waals surface area contributed by atoms with Crippen molar-refractivity contribution in [2.45, 2.75) is 70.4 Å². The third-order valence-corrected chi connectivity index (χ3v) is 5.04. The molecule has 94 valence electrons. The quantitative estimate of drug-likeness (QED) is 0.798. The Kier molecular flexibility index (Phi) is 3.91. The fourth-order valence-electron chi connectivity index (χ4n) is 3.79. The van der Waals surface area contributed by atoms with E-state index in [9.17, 15) is 0 Å². The van der Waals surface area contributed by atoms with E-state index >= 15 is 0 Å². The molecule has 16 heavy (non-hydrogen) atoms. The Morgan fingerprint density at radius 3 is 2.50 bits per heavy atom. The minimum atomic E-state index is 0.365. The lowest BCUT2D eigenvalue weighted by Gasteiger charge is -2.48. The first-order valence-corrected chi connectivity index (χ1v) is 7.18. The molecule has 0 aromatic heterocycles. The summed E-state index contributed by atoms with van der Waals surface area (Å²) in [5, 5.41) is 0. The van der Waals surface area contributed by atoms with Gasteiger partial charge >= 0.3 is 0 Å². The lowest BCUT2D eigenvalue weighted by molar-refractivity contribution is 0.0329. The normalized spacial score (nSPS) is 41.4. The molecule has 0 amide bonds. The monoisotopic (exact) mass is 224 g/mol. The van der Waals surface area contributed by atoms with Gasteiger partial charge in [-0.25, -0.2) is 0 Å². The van der Waals surface area contributed by atoms with Crippen LogP contribution < -0.4 is 5.73 Å². The van der Waals surface area contributed by atoms with Gasteiger partial charge in [-0.3, -0.25) is 4.90 Å². The van der Waals surface area contributed by atoms with E-state index in [1.54, 1.807) is 0 Å². The molecule has 2 N–H and O–H groups in total. The average molecular weight is 224 g/mol. The Labute approximate surface area is 101 Å². The molecule has 2 rings (SSSR count). The molecule has 0 bridgehead atoms. The second-order valence-corrected chi connectivity index (χ2v) is 6.01. The van der Waals surface area contributed by atoms with Crippen LogP contribution in [0.4, 0.5) is 0 Å². The molecule has 0 aromatic carbocycles. The predicted molar refractivity (Wildman–Crippen MR) is 69.4 cm³/mol. The fraction of sp³-hybridized carbons (Fsp3) is 1.00. The molecule has 0 radical (unpaired) electrons. The first-order chi connectivity index (χ1) is 7.72. The molecule has 2 fully saturated rings. The summed E-state index contributed by atoms with van der Waals surface area (Å²) < 4.78 is 0. The van der Waals surface area contributed by atoms with Crippen molar-refractivity contribution >= 4 is 0 Å². The number of hydrogen-bond donors (Lipinski definition) is 1. The minimum Gasteiger partial charge on any atom is -0.329 e. The first kappa shape index (κ1) is 12.4. The van der Waals surface area contributed by atoms with Gasteiger partial charge in [-0.05, 0) is 57.4 Å². The zero-order chi connectivity index (χ0) is 11.6. The summed E-state index contributed by atoms with van der Waals surface area (Å²) in [7, 11) is 0. The van der Waals surface area contributed by atoms with Crippen LogP contribution in [0.25, 0.3) is 0 Å². The second kappa shape index (κ2) is 5.05. The fourth-order valence-corrected chi connectivity index (χ4v) is 3.79. The van der Waals surface area contributed by atoms with Gasteiger partial charge in [0.05, 0.1) is 0 Å². The Morgan fingerprint density at radius 1 is 1.25 bits per heavy atom. The van der Waals surface area contributed by atoms with Crippen LogP contribution in [0.1, 0.15) is 58.8 Å². The van der Waals surface area contributed by atoms with Gasteiger partial charge in [-0.15, -0.1) is 0 Å². The molecule has 2 aliphatic rings. The molecular weight excluding hydrogens is 196 g/mol. The van der Waals surface area contributed by atoms with Crippen LogP contribution in [0.2, 0.25) is 0 Å². The predicted octanol–water partition coefficient (Wildman–Crippen LogP) is 2.77. The summed E-state index contributed by atoms with van der Waals surface area (Å²) in [6.45, 7) is 6.89. The molecule has 2 heteroatoms. The summed E-state index contributed by atoms with van der Waals surface area (Å²) in [5.41, 5.74) is 6.50. The standard InChI is InChI=1S/C14H28N2/c1-3-13-5-4-10-16(13)14(11-15)8-6-12(2)7-9-14/h12-13H,3-11,15H2,1-2H3. The van der Waals surface area contributed by atoms with Gasteiger partial charge in [0.15, 0.2) is 0 Å². The zero-order valence-electron chi connectivity index (χ0n) is 11.0. The molecule has 0 spiro atoms. The maximum atomic E-state index is 6.14. The molecule has 2 nitrogen and oxygen atoms in total. The Hall–Kier alpha value is -0.0800.